The van der Waals surface area contributed by atoms with Crippen LogP contribution in [0.4, 0.5) is 0 Å². The summed E-state index contributed by atoms with van der Waals surface area (Å²) in [5, 5.41) is 15.2. The van der Waals surface area contributed by atoms with Crippen LogP contribution in [0.25, 0.3) is 0 Å². The molecule has 0 aromatic heterocycles. The van der Waals surface area contributed by atoms with Gasteiger partial charge < -0.3 is 19.9 Å². The highest BCUT2D eigenvalue weighted by Gasteiger charge is 2.39. The summed E-state index contributed by atoms with van der Waals surface area (Å²) in [5.74, 6) is 0. The molecule has 118 valence electrons. The van der Waals surface area contributed by atoms with Crippen molar-refractivity contribution >= 4 is 11.6 Å². The minimum atomic E-state index is -1.02. The van der Waals surface area contributed by atoms with Crippen molar-refractivity contribution in [3.63, 3.8) is 0 Å². The van der Waals surface area contributed by atoms with E-state index < -0.39 is 5.60 Å². The second-order valence-electron chi connectivity index (χ2n) is 5.45. The maximum absolute atomic E-state index is 11.3. The maximum Gasteiger partial charge on any atom is 0.117 e. The molecule has 0 amide bonds. The van der Waals surface area contributed by atoms with Crippen LogP contribution in [0, 0.1) is 0 Å². The SMILES string of the molecule is COCCCC[C@@](O)(c1cccc(Cl)c1)C1CNCCO1. The van der Waals surface area contributed by atoms with Crippen LogP contribution in [0.15, 0.2) is 24.3 Å². The van der Waals surface area contributed by atoms with Gasteiger partial charge >= 0.3 is 0 Å². The molecule has 1 heterocycles. The van der Waals surface area contributed by atoms with Crippen LogP contribution in [0.1, 0.15) is 24.8 Å². The van der Waals surface area contributed by atoms with Crippen LogP contribution >= 0.6 is 11.6 Å². The zero-order chi connectivity index (χ0) is 15.1. The summed E-state index contributed by atoms with van der Waals surface area (Å²) in [5.41, 5.74) is -0.201. The molecule has 2 N–H and O–H groups in total. The number of ether oxygens (including phenoxy) is 2. The molecule has 1 aliphatic heterocycles. The van der Waals surface area contributed by atoms with E-state index in [4.69, 9.17) is 21.1 Å². The Kier molecular flexibility index (Phi) is 6.45. The lowest BCUT2D eigenvalue weighted by Crippen LogP contribution is -2.51. The first-order valence-corrected chi connectivity index (χ1v) is 7.84. The van der Waals surface area contributed by atoms with E-state index in [2.05, 4.69) is 5.32 Å². The number of rotatable bonds is 7. The monoisotopic (exact) mass is 313 g/mol. The summed E-state index contributed by atoms with van der Waals surface area (Å²) in [4.78, 5) is 0. The first kappa shape index (κ1) is 16.7. The second-order valence-corrected chi connectivity index (χ2v) is 5.88. The zero-order valence-electron chi connectivity index (χ0n) is 12.5. The summed E-state index contributed by atoms with van der Waals surface area (Å²) in [6, 6.07) is 7.43. The molecule has 2 atom stereocenters. The van der Waals surface area contributed by atoms with Crippen LogP contribution in [-0.4, -0.2) is 44.6 Å². The molecule has 1 fully saturated rings. The number of aliphatic hydroxyl groups is 1. The Hall–Kier alpha value is -0.650. The van der Waals surface area contributed by atoms with Crippen molar-refractivity contribution in [2.75, 3.05) is 33.4 Å². The Labute approximate surface area is 131 Å². The highest BCUT2D eigenvalue weighted by atomic mass is 35.5. The Morgan fingerprint density at radius 2 is 2.33 bits per heavy atom. The fraction of sp³-hybridized carbons (Fsp3) is 0.625. The van der Waals surface area contributed by atoms with Gasteiger partial charge in [-0.25, -0.2) is 0 Å². The van der Waals surface area contributed by atoms with E-state index in [1.807, 2.05) is 24.3 Å². The van der Waals surface area contributed by atoms with Crippen LogP contribution in [0.2, 0.25) is 5.02 Å². The quantitative estimate of drug-likeness (QED) is 0.759. The number of hydrogen-bond donors (Lipinski definition) is 2. The molecular weight excluding hydrogens is 290 g/mol. The third-order valence-electron chi connectivity index (χ3n) is 3.94. The standard InChI is InChI=1S/C16H24ClNO3/c1-20-9-3-2-7-16(19,15-12-18-8-10-21-15)13-5-4-6-14(17)11-13/h4-6,11,15,18-19H,2-3,7-10,12H2,1H3/t15?,16-/m1/s1. The smallest absolute Gasteiger partial charge is 0.117 e. The van der Waals surface area contributed by atoms with E-state index in [9.17, 15) is 5.11 Å². The molecule has 1 aromatic rings. The van der Waals surface area contributed by atoms with Crippen LogP contribution < -0.4 is 5.32 Å². The van der Waals surface area contributed by atoms with Crippen molar-refractivity contribution in [3.05, 3.63) is 34.9 Å². The van der Waals surface area contributed by atoms with Crippen molar-refractivity contribution in [1.82, 2.24) is 5.32 Å². The van der Waals surface area contributed by atoms with Crippen molar-refractivity contribution < 1.29 is 14.6 Å². The van der Waals surface area contributed by atoms with Gasteiger partial charge in [0.25, 0.3) is 0 Å². The van der Waals surface area contributed by atoms with Crippen molar-refractivity contribution in [2.24, 2.45) is 0 Å². The Bertz CT molecular complexity index is 437. The normalized spacial score (nSPS) is 22.0. The Morgan fingerprint density at radius 3 is 3.00 bits per heavy atom. The van der Waals surface area contributed by atoms with Gasteiger partial charge in [0, 0.05) is 31.8 Å². The first-order chi connectivity index (χ1) is 10.2. The van der Waals surface area contributed by atoms with E-state index in [-0.39, 0.29) is 6.10 Å². The molecule has 5 heteroatoms. The number of hydrogen-bond acceptors (Lipinski definition) is 4. The Balaban J connectivity index is 2.15. The third kappa shape index (κ3) is 4.41. The molecule has 0 radical (unpaired) electrons. The van der Waals surface area contributed by atoms with Crippen molar-refractivity contribution in [1.29, 1.82) is 0 Å². The van der Waals surface area contributed by atoms with Gasteiger partial charge in [-0.15, -0.1) is 0 Å². The van der Waals surface area contributed by atoms with E-state index in [1.165, 1.54) is 0 Å². The molecule has 0 saturated carbocycles. The lowest BCUT2D eigenvalue weighted by atomic mass is 9.83. The fourth-order valence-electron chi connectivity index (χ4n) is 2.76. The molecule has 4 nitrogen and oxygen atoms in total. The lowest BCUT2D eigenvalue weighted by Gasteiger charge is -2.39. The molecule has 0 spiro atoms. The number of methoxy groups -OCH3 is 1. The predicted octanol–water partition coefficient (Wildman–Crippen LogP) is 2.33. The van der Waals surface area contributed by atoms with Gasteiger partial charge in [0.1, 0.15) is 11.7 Å². The van der Waals surface area contributed by atoms with Crippen molar-refractivity contribution in [3.8, 4) is 0 Å². The Morgan fingerprint density at radius 1 is 1.48 bits per heavy atom. The topological polar surface area (TPSA) is 50.7 Å². The van der Waals surface area contributed by atoms with Gasteiger partial charge in [-0.2, -0.15) is 0 Å². The largest absolute Gasteiger partial charge is 0.385 e. The van der Waals surface area contributed by atoms with E-state index in [0.717, 1.165) is 24.9 Å². The summed E-state index contributed by atoms with van der Waals surface area (Å²) in [6.45, 7) is 2.79. The molecule has 0 aliphatic carbocycles. The molecule has 1 aliphatic rings. The molecular formula is C16H24ClNO3. The number of nitrogens with one attached hydrogen (secondary N) is 1. The average Bonchev–Trinajstić information content (AvgIpc) is 2.52. The molecule has 2 rings (SSSR count). The second kappa shape index (κ2) is 8.11. The first-order valence-electron chi connectivity index (χ1n) is 7.46. The molecule has 1 unspecified atom stereocenters. The average molecular weight is 314 g/mol. The van der Waals surface area contributed by atoms with Gasteiger partial charge in [-0.05, 0) is 37.0 Å². The summed E-state index contributed by atoms with van der Waals surface area (Å²) >= 11 is 6.09. The maximum atomic E-state index is 11.3. The molecule has 1 saturated heterocycles. The molecule has 0 bridgehead atoms. The van der Waals surface area contributed by atoms with E-state index >= 15 is 0 Å². The van der Waals surface area contributed by atoms with Gasteiger partial charge in [-0.3, -0.25) is 0 Å². The summed E-state index contributed by atoms with van der Waals surface area (Å²) < 4.78 is 10.9. The molecule has 1 aromatic carbocycles. The van der Waals surface area contributed by atoms with Gasteiger partial charge in [0.15, 0.2) is 0 Å². The minimum Gasteiger partial charge on any atom is -0.385 e. The van der Waals surface area contributed by atoms with Gasteiger partial charge in [0.2, 0.25) is 0 Å². The number of unbranched alkanes of at least 4 members (excludes halogenated alkanes) is 1. The zero-order valence-corrected chi connectivity index (χ0v) is 13.2. The highest BCUT2D eigenvalue weighted by molar-refractivity contribution is 6.30. The van der Waals surface area contributed by atoms with Crippen molar-refractivity contribution in [2.45, 2.75) is 31.0 Å². The number of morpholine rings is 1. The van der Waals surface area contributed by atoms with Gasteiger partial charge in [0.05, 0.1) is 6.61 Å². The van der Waals surface area contributed by atoms with Crippen LogP contribution in [-0.2, 0) is 15.1 Å². The fourth-order valence-corrected chi connectivity index (χ4v) is 2.95. The third-order valence-corrected chi connectivity index (χ3v) is 4.18. The van der Waals surface area contributed by atoms with Crippen LogP contribution in [0.3, 0.4) is 0 Å². The van der Waals surface area contributed by atoms with Gasteiger partial charge in [-0.1, -0.05) is 23.7 Å². The van der Waals surface area contributed by atoms with E-state index in [1.54, 1.807) is 7.11 Å². The highest BCUT2D eigenvalue weighted by Crippen LogP contribution is 2.34. The summed E-state index contributed by atoms with van der Waals surface area (Å²) in [7, 11) is 1.69. The number of halogens is 1. The minimum absolute atomic E-state index is 0.257. The van der Waals surface area contributed by atoms with Crippen LogP contribution in [0.5, 0.6) is 0 Å². The molecule has 21 heavy (non-hydrogen) atoms. The van der Waals surface area contributed by atoms with E-state index in [0.29, 0.717) is 31.2 Å². The predicted molar refractivity (Wildman–Crippen MR) is 83.7 cm³/mol. The lowest BCUT2D eigenvalue weighted by molar-refractivity contribution is -0.130. The number of benzene rings is 1. The summed E-state index contributed by atoms with van der Waals surface area (Å²) in [6.07, 6.45) is 2.16.